The Hall–Kier alpha value is -0.530. The van der Waals surface area contributed by atoms with Crippen LogP contribution in [-0.2, 0) is 4.79 Å². The fourth-order valence-corrected chi connectivity index (χ4v) is 2.73. The molecule has 1 aliphatic heterocycles. The van der Waals surface area contributed by atoms with Crippen LogP contribution in [0.3, 0.4) is 0 Å². The minimum atomic E-state index is 0.267. The van der Waals surface area contributed by atoms with Crippen LogP contribution in [0.15, 0.2) is 0 Å². The van der Waals surface area contributed by atoms with E-state index in [-0.39, 0.29) is 5.91 Å². The van der Waals surface area contributed by atoms with Crippen molar-refractivity contribution in [1.29, 1.82) is 0 Å². The van der Waals surface area contributed by atoms with Crippen molar-refractivity contribution in [2.75, 3.05) is 6.54 Å². The number of carbonyl (C=O) groups is 1. The maximum atomic E-state index is 11.1. The first-order valence-corrected chi connectivity index (χ1v) is 4.47. The summed E-state index contributed by atoms with van der Waals surface area (Å²) < 4.78 is 0. The van der Waals surface area contributed by atoms with Gasteiger partial charge in [0, 0.05) is 13.0 Å². The standard InChI is InChI=1S/C9H15NO/c1-7-4-9(5-7)2-3-10-8(11)6-9/h7H,2-6H2,1H3,(H,10,11). The summed E-state index contributed by atoms with van der Waals surface area (Å²) >= 11 is 0. The van der Waals surface area contributed by atoms with Gasteiger partial charge in [0.05, 0.1) is 0 Å². The minimum absolute atomic E-state index is 0.267. The summed E-state index contributed by atoms with van der Waals surface area (Å²) in [7, 11) is 0. The largest absolute Gasteiger partial charge is 0.356 e. The molecular formula is C9H15NO. The van der Waals surface area contributed by atoms with Gasteiger partial charge in [-0.05, 0) is 30.6 Å². The van der Waals surface area contributed by atoms with Gasteiger partial charge in [-0.15, -0.1) is 0 Å². The molecule has 0 bridgehead atoms. The lowest BCUT2D eigenvalue weighted by atomic mass is 9.58. The quantitative estimate of drug-likeness (QED) is 0.558. The van der Waals surface area contributed by atoms with Gasteiger partial charge >= 0.3 is 0 Å². The Kier molecular flexibility index (Phi) is 1.44. The molecule has 0 aromatic rings. The molecule has 0 atom stereocenters. The normalized spacial score (nSPS) is 43.4. The summed E-state index contributed by atoms with van der Waals surface area (Å²) in [5, 5.41) is 2.88. The Balaban J connectivity index is 1.98. The van der Waals surface area contributed by atoms with Crippen LogP contribution in [0.2, 0.25) is 0 Å². The molecule has 2 nitrogen and oxygen atoms in total. The molecule has 2 fully saturated rings. The fourth-order valence-electron chi connectivity index (χ4n) is 2.73. The third kappa shape index (κ3) is 1.15. The zero-order valence-electron chi connectivity index (χ0n) is 7.02. The van der Waals surface area contributed by atoms with Crippen molar-refractivity contribution in [3.8, 4) is 0 Å². The van der Waals surface area contributed by atoms with E-state index in [0.29, 0.717) is 5.41 Å². The molecule has 1 spiro atoms. The van der Waals surface area contributed by atoms with Crippen molar-refractivity contribution in [3.05, 3.63) is 0 Å². The molecular weight excluding hydrogens is 138 g/mol. The molecule has 1 amide bonds. The first kappa shape index (κ1) is 7.14. The number of rotatable bonds is 0. The average Bonchev–Trinajstić information content (AvgIpc) is 1.84. The van der Waals surface area contributed by atoms with Gasteiger partial charge in [-0.25, -0.2) is 0 Å². The minimum Gasteiger partial charge on any atom is -0.356 e. The summed E-state index contributed by atoms with van der Waals surface area (Å²) in [6.07, 6.45) is 4.56. The molecule has 1 N–H and O–H groups in total. The van der Waals surface area contributed by atoms with Gasteiger partial charge < -0.3 is 5.32 Å². The Morgan fingerprint density at radius 1 is 1.55 bits per heavy atom. The van der Waals surface area contributed by atoms with Gasteiger partial charge in [0.25, 0.3) is 0 Å². The summed E-state index contributed by atoms with van der Waals surface area (Å²) in [5.41, 5.74) is 0.432. The van der Waals surface area contributed by atoms with Crippen LogP contribution >= 0.6 is 0 Å². The SMILES string of the molecule is CC1CC2(CCNC(=O)C2)C1. The van der Waals surface area contributed by atoms with E-state index in [1.54, 1.807) is 0 Å². The van der Waals surface area contributed by atoms with Crippen LogP contribution in [0.1, 0.15) is 32.6 Å². The van der Waals surface area contributed by atoms with E-state index in [9.17, 15) is 4.79 Å². The first-order chi connectivity index (χ1) is 5.20. The van der Waals surface area contributed by atoms with E-state index < -0.39 is 0 Å². The van der Waals surface area contributed by atoms with Crippen LogP contribution in [0.4, 0.5) is 0 Å². The molecule has 1 heterocycles. The molecule has 62 valence electrons. The first-order valence-electron chi connectivity index (χ1n) is 4.47. The average molecular weight is 153 g/mol. The van der Waals surface area contributed by atoms with Gasteiger partial charge in [0.1, 0.15) is 0 Å². The Labute approximate surface area is 67.4 Å². The maximum absolute atomic E-state index is 11.1. The molecule has 11 heavy (non-hydrogen) atoms. The molecule has 0 radical (unpaired) electrons. The molecule has 2 aliphatic rings. The summed E-state index contributed by atoms with van der Waals surface area (Å²) in [6.45, 7) is 3.18. The predicted molar refractivity (Wildman–Crippen MR) is 43.1 cm³/mol. The van der Waals surface area contributed by atoms with Crippen LogP contribution in [0.25, 0.3) is 0 Å². The Morgan fingerprint density at radius 2 is 2.27 bits per heavy atom. The highest BCUT2D eigenvalue weighted by Gasteiger charge is 2.44. The van der Waals surface area contributed by atoms with Crippen LogP contribution in [-0.4, -0.2) is 12.5 Å². The Bertz CT molecular complexity index is 176. The van der Waals surface area contributed by atoms with Crippen molar-refractivity contribution < 1.29 is 4.79 Å². The molecule has 2 rings (SSSR count). The maximum Gasteiger partial charge on any atom is 0.220 e. The van der Waals surface area contributed by atoms with Gasteiger partial charge in [-0.1, -0.05) is 6.92 Å². The third-order valence-electron chi connectivity index (χ3n) is 3.08. The lowest BCUT2D eigenvalue weighted by molar-refractivity contribution is -0.129. The van der Waals surface area contributed by atoms with E-state index in [4.69, 9.17) is 0 Å². The number of piperidine rings is 1. The highest BCUT2D eigenvalue weighted by atomic mass is 16.1. The highest BCUT2D eigenvalue weighted by molar-refractivity contribution is 5.77. The van der Waals surface area contributed by atoms with E-state index >= 15 is 0 Å². The monoisotopic (exact) mass is 153 g/mol. The number of hydrogen-bond acceptors (Lipinski definition) is 1. The molecule has 0 unspecified atom stereocenters. The second-order valence-electron chi connectivity index (χ2n) is 4.29. The van der Waals surface area contributed by atoms with Crippen molar-refractivity contribution in [2.45, 2.75) is 32.6 Å². The predicted octanol–water partition coefficient (Wildman–Crippen LogP) is 1.31. The molecule has 0 aromatic heterocycles. The molecule has 0 aromatic carbocycles. The van der Waals surface area contributed by atoms with Crippen molar-refractivity contribution >= 4 is 5.91 Å². The van der Waals surface area contributed by atoms with E-state index in [1.165, 1.54) is 19.3 Å². The van der Waals surface area contributed by atoms with Gasteiger partial charge in [0.15, 0.2) is 0 Å². The second-order valence-corrected chi connectivity index (χ2v) is 4.29. The lowest BCUT2D eigenvalue weighted by Crippen LogP contribution is -2.47. The third-order valence-corrected chi connectivity index (χ3v) is 3.08. The van der Waals surface area contributed by atoms with Crippen LogP contribution in [0.5, 0.6) is 0 Å². The Morgan fingerprint density at radius 3 is 2.82 bits per heavy atom. The van der Waals surface area contributed by atoms with Gasteiger partial charge in [-0.3, -0.25) is 4.79 Å². The number of carbonyl (C=O) groups excluding carboxylic acids is 1. The van der Waals surface area contributed by atoms with Crippen molar-refractivity contribution in [3.63, 3.8) is 0 Å². The van der Waals surface area contributed by atoms with E-state index in [1.807, 2.05) is 0 Å². The van der Waals surface area contributed by atoms with Crippen LogP contribution < -0.4 is 5.32 Å². The van der Waals surface area contributed by atoms with E-state index in [2.05, 4.69) is 12.2 Å². The fraction of sp³-hybridized carbons (Fsp3) is 0.889. The molecule has 1 saturated heterocycles. The van der Waals surface area contributed by atoms with Crippen molar-refractivity contribution in [1.82, 2.24) is 5.32 Å². The zero-order chi connectivity index (χ0) is 7.90. The number of amides is 1. The van der Waals surface area contributed by atoms with Gasteiger partial charge in [-0.2, -0.15) is 0 Å². The van der Waals surface area contributed by atoms with Crippen molar-refractivity contribution in [2.24, 2.45) is 11.3 Å². The van der Waals surface area contributed by atoms with Crippen LogP contribution in [0, 0.1) is 11.3 Å². The summed E-state index contributed by atoms with van der Waals surface area (Å²) in [5.74, 6) is 1.13. The highest BCUT2D eigenvalue weighted by Crippen LogP contribution is 2.51. The van der Waals surface area contributed by atoms with Gasteiger partial charge in [0.2, 0.25) is 5.91 Å². The van der Waals surface area contributed by atoms with E-state index in [0.717, 1.165) is 18.9 Å². The molecule has 1 aliphatic carbocycles. The second kappa shape index (κ2) is 2.23. The topological polar surface area (TPSA) is 29.1 Å². The summed E-state index contributed by atoms with van der Waals surface area (Å²) in [6, 6.07) is 0. The smallest absolute Gasteiger partial charge is 0.220 e. The zero-order valence-corrected chi connectivity index (χ0v) is 7.02. The number of nitrogens with one attached hydrogen (secondary N) is 1. The lowest BCUT2D eigenvalue weighted by Gasteiger charge is -2.48. The number of hydrogen-bond donors (Lipinski definition) is 1. The summed E-state index contributed by atoms with van der Waals surface area (Å²) in [4.78, 5) is 11.1. The molecule has 2 heteroatoms. The molecule has 1 saturated carbocycles.